The van der Waals surface area contributed by atoms with Gasteiger partial charge in [0.1, 0.15) is 0 Å². The van der Waals surface area contributed by atoms with E-state index in [-0.39, 0.29) is 18.5 Å². The van der Waals surface area contributed by atoms with Gasteiger partial charge in [0.25, 0.3) is 5.91 Å². The van der Waals surface area contributed by atoms with E-state index >= 15 is 0 Å². The Morgan fingerprint density at radius 1 is 1.35 bits per heavy atom. The predicted molar refractivity (Wildman–Crippen MR) is 84.2 cm³/mol. The van der Waals surface area contributed by atoms with Crippen molar-refractivity contribution in [2.45, 2.75) is 32.7 Å². The van der Waals surface area contributed by atoms with Crippen LogP contribution in [0.4, 0.5) is 0 Å². The quantitative estimate of drug-likeness (QED) is 0.935. The number of amides is 1. The second kappa shape index (κ2) is 5.98. The van der Waals surface area contributed by atoms with Crippen molar-refractivity contribution in [2.24, 2.45) is 5.92 Å². The largest absolute Gasteiger partial charge is 0.481 e. The highest BCUT2D eigenvalue weighted by atomic mass is 16.4. The number of carboxylic acid groups (broad SMARTS) is 1. The lowest BCUT2D eigenvalue weighted by Crippen LogP contribution is -2.42. The first-order valence-electron chi connectivity index (χ1n) is 7.82. The van der Waals surface area contributed by atoms with Gasteiger partial charge < -0.3 is 10.0 Å². The number of pyridine rings is 1. The minimum atomic E-state index is -0.839. The number of hydrogen-bond acceptors (Lipinski definition) is 4. The van der Waals surface area contributed by atoms with E-state index in [0.29, 0.717) is 24.9 Å². The molecule has 1 saturated heterocycles. The van der Waals surface area contributed by atoms with Gasteiger partial charge in [-0.15, -0.1) is 0 Å². The van der Waals surface area contributed by atoms with Gasteiger partial charge in [0.05, 0.1) is 17.7 Å². The summed E-state index contributed by atoms with van der Waals surface area (Å²) in [5.41, 5.74) is 1.23. The summed E-state index contributed by atoms with van der Waals surface area (Å²) in [6.45, 7) is 4.89. The van der Waals surface area contributed by atoms with Crippen LogP contribution in [0.2, 0.25) is 0 Å². The van der Waals surface area contributed by atoms with Gasteiger partial charge >= 0.3 is 5.97 Å². The summed E-state index contributed by atoms with van der Waals surface area (Å²) in [5, 5.41) is 14.3. The van der Waals surface area contributed by atoms with Crippen LogP contribution in [0.15, 0.2) is 18.5 Å². The molecule has 0 radical (unpaired) electrons. The maximum atomic E-state index is 12.6. The number of carboxylic acids is 1. The number of aliphatic carboxylic acids is 1. The summed E-state index contributed by atoms with van der Waals surface area (Å²) >= 11 is 0. The van der Waals surface area contributed by atoms with E-state index in [0.717, 1.165) is 11.0 Å². The topological polar surface area (TPSA) is 88.3 Å². The number of fused-ring (bicyclic) bond motifs is 1. The molecule has 0 saturated carbocycles. The van der Waals surface area contributed by atoms with Crippen molar-refractivity contribution in [3.05, 3.63) is 24.0 Å². The zero-order valence-corrected chi connectivity index (χ0v) is 13.3. The van der Waals surface area contributed by atoms with Gasteiger partial charge in [-0.05, 0) is 32.8 Å². The molecule has 3 heterocycles. The minimum Gasteiger partial charge on any atom is -0.481 e. The molecule has 0 bridgehead atoms. The molecule has 0 spiro atoms. The van der Waals surface area contributed by atoms with Crippen molar-refractivity contribution in [2.75, 3.05) is 13.1 Å². The summed E-state index contributed by atoms with van der Waals surface area (Å²) in [6.07, 6.45) is 4.59. The molecule has 2 aromatic rings. The van der Waals surface area contributed by atoms with Crippen LogP contribution in [0.3, 0.4) is 0 Å². The van der Waals surface area contributed by atoms with Gasteiger partial charge in [-0.25, -0.2) is 9.67 Å². The van der Waals surface area contributed by atoms with E-state index in [1.807, 2.05) is 18.5 Å². The number of carbonyl (C=O) groups is 2. The molecule has 0 unspecified atom stereocenters. The molecule has 23 heavy (non-hydrogen) atoms. The van der Waals surface area contributed by atoms with Crippen molar-refractivity contribution >= 4 is 22.9 Å². The molecule has 1 atom stereocenters. The first-order valence-corrected chi connectivity index (χ1v) is 7.82. The van der Waals surface area contributed by atoms with Gasteiger partial charge in [0, 0.05) is 30.7 Å². The third kappa shape index (κ3) is 2.91. The Kier molecular flexibility index (Phi) is 4.02. The fraction of sp³-hybridized carbons (Fsp3) is 0.500. The van der Waals surface area contributed by atoms with Crippen molar-refractivity contribution < 1.29 is 14.7 Å². The Morgan fingerprint density at radius 3 is 2.83 bits per heavy atom. The highest BCUT2D eigenvalue weighted by Gasteiger charge is 2.29. The summed E-state index contributed by atoms with van der Waals surface area (Å²) in [6, 6.07) is 1.97. The Balaban J connectivity index is 1.85. The van der Waals surface area contributed by atoms with Gasteiger partial charge in [0.15, 0.2) is 5.65 Å². The van der Waals surface area contributed by atoms with Gasteiger partial charge in [-0.2, -0.15) is 5.10 Å². The van der Waals surface area contributed by atoms with Crippen LogP contribution >= 0.6 is 0 Å². The lowest BCUT2D eigenvalue weighted by Gasteiger charge is -2.30. The maximum Gasteiger partial charge on any atom is 0.308 e. The van der Waals surface area contributed by atoms with Crippen LogP contribution in [0.1, 0.15) is 43.1 Å². The second-order valence-electron chi connectivity index (χ2n) is 6.25. The Bertz CT molecular complexity index is 753. The van der Waals surface area contributed by atoms with Gasteiger partial charge in [-0.1, -0.05) is 0 Å². The second-order valence-corrected chi connectivity index (χ2v) is 6.25. The van der Waals surface area contributed by atoms with Crippen LogP contribution in [-0.2, 0) is 4.79 Å². The summed E-state index contributed by atoms with van der Waals surface area (Å²) in [5.74, 6) is -1.48. The van der Waals surface area contributed by atoms with E-state index in [9.17, 15) is 9.59 Å². The van der Waals surface area contributed by atoms with E-state index in [2.05, 4.69) is 10.1 Å². The molecule has 1 fully saturated rings. The first kappa shape index (κ1) is 15.5. The molecule has 7 nitrogen and oxygen atoms in total. The van der Waals surface area contributed by atoms with Crippen molar-refractivity contribution in [3.8, 4) is 0 Å². The van der Waals surface area contributed by atoms with Crippen molar-refractivity contribution in [3.63, 3.8) is 0 Å². The van der Waals surface area contributed by atoms with Crippen LogP contribution in [0.5, 0.6) is 0 Å². The number of carbonyl (C=O) groups excluding carboxylic acids is 1. The third-order valence-corrected chi connectivity index (χ3v) is 4.23. The fourth-order valence-corrected chi connectivity index (χ4v) is 2.98. The minimum absolute atomic E-state index is 0.164. The van der Waals surface area contributed by atoms with Crippen LogP contribution in [0, 0.1) is 5.92 Å². The number of nitrogens with zero attached hydrogens (tertiary/aromatic N) is 4. The number of piperidine rings is 1. The lowest BCUT2D eigenvalue weighted by molar-refractivity contribution is -0.143. The Labute approximate surface area is 133 Å². The third-order valence-electron chi connectivity index (χ3n) is 4.23. The Morgan fingerprint density at radius 2 is 2.13 bits per heavy atom. The summed E-state index contributed by atoms with van der Waals surface area (Å²) in [4.78, 5) is 29.7. The molecule has 7 heteroatoms. The molecule has 1 aliphatic rings. The zero-order chi connectivity index (χ0) is 16.6. The van der Waals surface area contributed by atoms with E-state index in [4.69, 9.17) is 5.11 Å². The summed E-state index contributed by atoms with van der Waals surface area (Å²) < 4.78 is 1.81. The van der Waals surface area contributed by atoms with E-state index < -0.39 is 11.9 Å². The number of rotatable bonds is 3. The first-order chi connectivity index (χ1) is 11.0. The Hall–Kier alpha value is -2.44. The zero-order valence-electron chi connectivity index (χ0n) is 13.3. The molecule has 3 rings (SSSR count). The molecule has 1 amide bonds. The number of hydrogen-bond donors (Lipinski definition) is 1. The molecule has 1 aliphatic heterocycles. The molecular weight excluding hydrogens is 296 g/mol. The summed E-state index contributed by atoms with van der Waals surface area (Å²) in [7, 11) is 0. The standard InChI is InChI=1S/C16H20N4O3/c1-10(2)20-14-12(8-18-20)6-13(7-17-14)15(21)19-5-3-4-11(9-19)16(22)23/h6-8,10-11H,3-5,9H2,1-2H3,(H,22,23)/t11-/m0/s1. The fourth-order valence-electron chi connectivity index (χ4n) is 2.98. The average Bonchev–Trinajstić information content (AvgIpc) is 2.97. The number of likely N-dealkylation sites (tertiary alicyclic amines) is 1. The molecule has 0 aliphatic carbocycles. The van der Waals surface area contributed by atoms with Crippen LogP contribution in [-0.4, -0.2) is 49.7 Å². The van der Waals surface area contributed by atoms with Crippen molar-refractivity contribution in [1.82, 2.24) is 19.7 Å². The molecule has 1 N–H and O–H groups in total. The lowest BCUT2D eigenvalue weighted by atomic mass is 9.98. The monoisotopic (exact) mass is 316 g/mol. The van der Waals surface area contributed by atoms with Crippen LogP contribution < -0.4 is 0 Å². The smallest absolute Gasteiger partial charge is 0.308 e. The molecular formula is C16H20N4O3. The average molecular weight is 316 g/mol. The SMILES string of the molecule is CC(C)n1ncc2cc(C(=O)N3CCC[C@H](C(=O)O)C3)cnc21. The molecule has 2 aromatic heterocycles. The highest BCUT2D eigenvalue weighted by molar-refractivity contribution is 5.97. The van der Waals surface area contributed by atoms with Gasteiger partial charge in [-0.3, -0.25) is 9.59 Å². The highest BCUT2D eigenvalue weighted by Crippen LogP contribution is 2.21. The van der Waals surface area contributed by atoms with Crippen LogP contribution in [0.25, 0.3) is 11.0 Å². The number of aromatic nitrogens is 3. The molecule has 122 valence electrons. The normalized spacial score (nSPS) is 18.6. The van der Waals surface area contributed by atoms with Gasteiger partial charge in [0.2, 0.25) is 0 Å². The van der Waals surface area contributed by atoms with Crippen molar-refractivity contribution in [1.29, 1.82) is 0 Å². The molecule has 0 aromatic carbocycles. The van der Waals surface area contributed by atoms with E-state index in [1.165, 1.54) is 0 Å². The predicted octanol–water partition coefficient (Wildman–Crippen LogP) is 1.95. The maximum absolute atomic E-state index is 12.6. The van der Waals surface area contributed by atoms with E-state index in [1.54, 1.807) is 23.4 Å².